The Morgan fingerprint density at radius 2 is 1.65 bits per heavy atom. The van der Waals surface area contributed by atoms with E-state index in [-0.39, 0.29) is 5.82 Å². The molecule has 100 valence electrons. The molecule has 0 fully saturated rings. The van der Waals surface area contributed by atoms with Crippen molar-refractivity contribution in [2.75, 3.05) is 0 Å². The molecule has 3 rings (SSSR count). The van der Waals surface area contributed by atoms with Crippen LogP contribution in [-0.2, 0) is 0 Å². The topological polar surface area (TPSA) is 43.8 Å². The molecule has 0 aliphatic heterocycles. The third-order valence-electron chi connectivity index (χ3n) is 3.19. The van der Waals surface area contributed by atoms with E-state index in [4.69, 9.17) is 5.73 Å². The average Bonchev–Trinajstić information content (AvgIpc) is 2.98. The molecule has 0 saturated heterocycles. The number of nitrogens with two attached hydrogens (primary N) is 1. The van der Waals surface area contributed by atoms with Crippen LogP contribution in [0, 0.1) is 5.82 Å². The third-order valence-corrected chi connectivity index (χ3v) is 3.19. The van der Waals surface area contributed by atoms with Crippen LogP contribution in [0.3, 0.4) is 0 Å². The number of nitrogens with zero attached hydrogens (tertiary/aromatic N) is 2. The fourth-order valence-electron chi connectivity index (χ4n) is 2.12. The van der Waals surface area contributed by atoms with Crippen LogP contribution in [0.15, 0.2) is 66.9 Å². The van der Waals surface area contributed by atoms with Crippen molar-refractivity contribution in [1.29, 1.82) is 0 Å². The Morgan fingerprint density at radius 1 is 0.950 bits per heavy atom. The fraction of sp³-hybridized carbons (Fsp3) is 0.0625. The zero-order valence-corrected chi connectivity index (χ0v) is 10.8. The van der Waals surface area contributed by atoms with Gasteiger partial charge in [-0.15, -0.1) is 0 Å². The molecule has 2 aromatic carbocycles. The average molecular weight is 267 g/mol. The monoisotopic (exact) mass is 267 g/mol. The van der Waals surface area contributed by atoms with Crippen molar-refractivity contribution in [2.24, 2.45) is 5.73 Å². The van der Waals surface area contributed by atoms with E-state index in [2.05, 4.69) is 5.10 Å². The van der Waals surface area contributed by atoms with E-state index >= 15 is 0 Å². The van der Waals surface area contributed by atoms with E-state index < -0.39 is 6.04 Å². The highest BCUT2D eigenvalue weighted by Crippen LogP contribution is 2.21. The van der Waals surface area contributed by atoms with Gasteiger partial charge in [0.1, 0.15) is 5.82 Å². The molecule has 2 N–H and O–H groups in total. The molecule has 4 heteroatoms. The predicted octanol–water partition coefficient (Wildman–Crippen LogP) is 3.06. The largest absolute Gasteiger partial charge is 0.319 e. The second kappa shape index (κ2) is 5.27. The molecule has 0 aliphatic rings. The van der Waals surface area contributed by atoms with Crippen LogP contribution in [0.2, 0.25) is 0 Å². The van der Waals surface area contributed by atoms with Gasteiger partial charge < -0.3 is 5.73 Å². The molecule has 1 aromatic heterocycles. The van der Waals surface area contributed by atoms with Crippen molar-refractivity contribution in [3.8, 4) is 5.69 Å². The molecule has 0 aliphatic carbocycles. The molecule has 0 spiro atoms. The van der Waals surface area contributed by atoms with Gasteiger partial charge in [-0.3, -0.25) is 0 Å². The smallest absolute Gasteiger partial charge is 0.128 e. The van der Waals surface area contributed by atoms with Crippen LogP contribution in [0.25, 0.3) is 5.69 Å². The number of aromatic nitrogens is 2. The number of benzene rings is 2. The Labute approximate surface area is 116 Å². The molecule has 3 aromatic rings. The van der Waals surface area contributed by atoms with Crippen molar-refractivity contribution in [1.82, 2.24) is 9.78 Å². The minimum Gasteiger partial charge on any atom is -0.319 e. The molecule has 1 heterocycles. The third kappa shape index (κ3) is 2.33. The highest BCUT2D eigenvalue weighted by molar-refractivity contribution is 5.33. The van der Waals surface area contributed by atoms with Crippen LogP contribution in [-0.4, -0.2) is 9.78 Å². The van der Waals surface area contributed by atoms with Crippen LogP contribution >= 0.6 is 0 Å². The lowest BCUT2D eigenvalue weighted by Gasteiger charge is -2.10. The summed E-state index contributed by atoms with van der Waals surface area (Å²) in [6, 6.07) is 17.5. The molecule has 0 saturated carbocycles. The summed E-state index contributed by atoms with van der Waals surface area (Å²) in [6.07, 6.45) is 1.82. The van der Waals surface area contributed by atoms with Crippen LogP contribution in [0.5, 0.6) is 0 Å². The van der Waals surface area contributed by atoms with Crippen LogP contribution in [0.1, 0.15) is 17.3 Å². The predicted molar refractivity (Wildman–Crippen MR) is 76.0 cm³/mol. The van der Waals surface area contributed by atoms with Gasteiger partial charge in [0.15, 0.2) is 0 Å². The van der Waals surface area contributed by atoms with E-state index in [0.717, 1.165) is 5.69 Å². The van der Waals surface area contributed by atoms with Crippen LogP contribution < -0.4 is 5.73 Å². The van der Waals surface area contributed by atoms with Crippen molar-refractivity contribution >= 4 is 0 Å². The first kappa shape index (κ1) is 12.6. The maximum absolute atomic E-state index is 13.7. The molecule has 1 unspecified atom stereocenters. The van der Waals surface area contributed by atoms with Gasteiger partial charge in [0.25, 0.3) is 0 Å². The van der Waals surface area contributed by atoms with E-state index in [1.807, 2.05) is 42.6 Å². The number of hydrogen-bond donors (Lipinski definition) is 1. The first-order valence-electron chi connectivity index (χ1n) is 6.37. The zero-order chi connectivity index (χ0) is 13.9. The van der Waals surface area contributed by atoms with Gasteiger partial charge in [0.05, 0.1) is 17.4 Å². The molecule has 20 heavy (non-hydrogen) atoms. The normalized spacial score (nSPS) is 12.3. The van der Waals surface area contributed by atoms with Gasteiger partial charge >= 0.3 is 0 Å². The van der Waals surface area contributed by atoms with Gasteiger partial charge in [-0.1, -0.05) is 36.4 Å². The SMILES string of the molecule is NC(c1ccn(-c2ccccc2)n1)c1ccccc1F. The van der Waals surface area contributed by atoms with Gasteiger partial charge in [0.2, 0.25) is 0 Å². The van der Waals surface area contributed by atoms with Crippen molar-refractivity contribution < 1.29 is 4.39 Å². The van der Waals surface area contributed by atoms with Crippen molar-refractivity contribution in [3.05, 3.63) is 83.9 Å². The van der Waals surface area contributed by atoms with Gasteiger partial charge in [-0.2, -0.15) is 5.10 Å². The summed E-state index contributed by atoms with van der Waals surface area (Å²) in [7, 11) is 0. The summed E-state index contributed by atoms with van der Waals surface area (Å²) < 4.78 is 15.5. The number of halogens is 1. The molecule has 0 amide bonds. The van der Waals surface area contributed by atoms with Crippen molar-refractivity contribution in [3.63, 3.8) is 0 Å². The van der Waals surface area contributed by atoms with E-state index in [1.54, 1.807) is 22.9 Å². The lowest BCUT2D eigenvalue weighted by molar-refractivity contribution is 0.596. The highest BCUT2D eigenvalue weighted by atomic mass is 19.1. The quantitative estimate of drug-likeness (QED) is 0.792. The number of hydrogen-bond acceptors (Lipinski definition) is 2. The Hall–Kier alpha value is -2.46. The lowest BCUT2D eigenvalue weighted by atomic mass is 10.0. The summed E-state index contributed by atoms with van der Waals surface area (Å²) in [5.41, 5.74) is 8.12. The molecule has 1 atom stereocenters. The zero-order valence-electron chi connectivity index (χ0n) is 10.8. The van der Waals surface area contributed by atoms with Gasteiger partial charge in [-0.05, 0) is 24.3 Å². The molecular formula is C16H14FN3. The van der Waals surface area contributed by atoms with Crippen molar-refractivity contribution in [2.45, 2.75) is 6.04 Å². The Balaban J connectivity index is 1.93. The van der Waals surface area contributed by atoms with E-state index in [9.17, 15) is 4.39 Å². The maximum Gasteiger partial charge on any atom is 0.128 e. The first-order chi connectivity index (χ1) is 9.75. The number of rotatable bonds is 3. The minimum absolute atomic E-state index is 0.311. The summed E-state index contributed by atoms with van der Waals surface area (Å²) in [4.78, 5) is 0. The lowest BCUT2D eigenvalue weighted by Crippen LogP contribution is -2.14. The highest BCUT2D eigenvalue weighted by Gasteiger charge is 2.15. The Bertz CT molecular complexity index is 707. The fourth-order valence-corrected chi connectivity index (χ4v) is 2.12. The van der Waals surface area contributed by atoms with E-state index in [0.29, 0.717) is 11.3 Å². The molecule has 0 radical (unpaired) electrons. The molecular weight excluding hydrogens is 253 g/mol. The first-order valence-corrected chi connectivity index (χ1v) is 6.37. The van der Waals surface area contributed by atoms with Crippen LogP contribution in [0.4, 0.5) is 4.39 Å². The molecule has 0 bridgehead atoms. The standard InChI is InChI=1S/C16H14FN3/c17-14-9-5-4-8-13(14)16(18)15-10-11-20(19-15)12-6-2-1-3-7-12/h1-11,16H,18H2. The Kier molecular flexibility index (Phi) is 3.31. The Morgan fingerprint density at radius 3 is 2.40 bits per heavy atom. The number of para-hydroxylation sites is 1. The summed E-state index contributed by atoms with van der Waals surface area (Å²) in [5, 5.41) is 4.42. The maximum atomic E-state index is 13.7. The summed E-state index contributed by atoms with van der Waals surface area (Å²) in [5.74, 6) is -0.311. The summed E-state index contributed by atoms with van der Waals surface area (Å²) in [6.45, 7) is 0. The molecule has 3 nitrogen and oxygen atoms in total. The second-order valence-electron chi connectivity index (χ2n) is 4.52. The summed E-state index contributed by atoms with van der Waals surface area (Å²) >= 11 is 0. The van der Waals surface area contributed by atoms with Gasteiger partial charge in [-0.25, -0.2) is 9.07 Å². The second-order valence-corrected chi connectivity index (χ2v) is 4.52. The van der Waals surface area contributed by atoms with E-state index in [1.165, 1.54) is 6.07 Å². The minimum atomic E-state index is -0.568. The van der Waals surface area contributed by atoms with Gasteiger partial charge in [0, 0.05) is 11.8 Å².